The maximum Gasteiger partial charge on any atom is 0.449 e. The standard InChI is InChI=1S/C9H12F3N3/c1-5-2-3-15-6(4-5)7(13)14-8(15)9(10,11)12/h5H,2-4,13H2,1H3. The predicted octanol–water partition coefficient (Wildman–Crippen LogP) is 2.07. The van der Waals surface area contributed by atoms with Crippen molar-refractivity contribution in [2.45, 2.75) is 32.5 Å². The lowest BCUT2D eigenvalue weighted by molar-refractivity contribution is -0.147. The minimum absolute atomic E-state index is 0.0221. The molecule has 2 heterocycles. The van der Waals surface area contributed by atoms with Gasteiger partial charge in [-0.15, -0.1) is 0 Å². The van der Waals surface area contributed by atoms with Crippen LogP contribution in [0.2, 0.25) is 0 Å². The molecule has 3 nitrogen and oxygen atoms in total. The number of alkyl halides is 3. The smallest absolute Gasteiger partial charge is 0.382 e. The van der Waals surface area contributed by atoms with Crippen molar-refractivity contribution in [3.8, 4) is 0 Å². The molecule has 6 heteroatoms. The summed E-state index contributed by atoms with van der Waals surface area (Å²) in [6.45, 7) is 2.36. The predicted molar refractivity (Wildman–Crippen MR) is 49.1 cm³/mol. The molecule has 2 rings (SSSR count). The molecule has 1 aromatic rings. The van der Waals surface area contributed by atoms with Gasteiger partial charge in [-0.2, -0.15) is 13.2 Å². The number of anilines is 1. The Morgan fingerprint density at radius 2 is 2.13 bits per heavy atom. The van der Waals surface area contributed by atoms with E-state index in [9.17, 15) is 13.2 Å². The zero-order valence-electron chi connectivity index (χ0n) is 8.30. The fraction of sp³-hybridized carbons (Fsp3) is 0.667. The Morgan fingerprint density at radius 1 is 1.47 bits per heavy atom. The maximum absolute atomic E-state index is 12.5. The summed E-state index contributed by atoms with van der Waals surface area (Å²) in [5.74, 6) is -0.464. The fourth-order valence-corrected chi connectivity index (χ4v) is 1.96. The van der Waals surface area contributed by atoms with Crippen molar-refractivity contribution in [3.63, 3.8) is 0 Å². The van der Waals surface area contributed by atoms with Gasteiger partial charge >= 0.3 is 6.18 Å². The van der Waals surface area contributed by atoms with Crippen LogP contribution in [0, 0.1) is 5.92 Å². The molecule has 0 radical (unpaired) electrons. The minimum atomic E-state index is -4.41. The van der Waals surface area contributed by atoms with Gasteiger partial charge in [0.05, 0.1) is 5.69 Å². The Kier molecular flexibility index (Phi) is 2.17. The van der Waals surface area contributed by atoms with E-state index in [1.165, 1.54) is 4.57 Å². The SMILES string of the molecule is CC1CCn2c(C(F)(F)F)nc(N)c2C1. The van der Waals surface area contributed by atoms with E-state index in [1.54, 1.807) is 0 Å². The molecule has 0 aliphatic carbocycles. The van der Waals surface area contributed by atoms with Crippen LogP contribution >= 0.6 is 0 Å². The number of nitrogens with two attached hydrogens (primary N) is 1. The van der Waals surface area contributed by atoms with Gasteiger partial charge in [-0.05, 0) is 18.8 Å². The van der Waals surface area contributed by atoms with Gasteiger partial charge in [0, 0.05) is 6.54 Å². The summed E-state index contributed by atoms with van der Waals surface area (Å²) in [6.07, 6.45) is -3.09. The van der Waals surface area contributed by atoms with Crippen LogP contribution in [0.25, 0.3) is 0 Å². The van der Waals surface area contributed by atoms with E-state index in [0.29, 0.717) is 24.6 Å². The average molecular weight is 219 g/mol. The van der Waals surface area contributed by atoms with Crippen LogP contribution in [0.1, 0.15) is 24.9 Å². The summed E-state index contributed by atoms with van der Waals surface area (Å²) in [4.78, 5) is 3.41. The van der Waals surface area contributed by atoms with Crippen molar-refractivity contribution in [3.05, 3.63) is 11.5 Å². The first-order valence-corrected chi connectivity index (χ1v) is 4.81. The maximum atomic E-state index is 12.5. The van der Waals surface area contributed by atoms with Gasteiger partial charge in [0.1, 0.15) is 5.82 Å². The molecule has 0 aromatic carbocycles. The molecule has 0 amide bonds. The average Bonchev–Trinajstić information content (AvgIpc) is 2.43. The highest BCUT2D eigenvalue weighted by atomic mass is 19.4. The Bertz CT molecular complexity index is 381. The van der Waals surface area contributed by atoms with E-state index in [2.05, 4.69) is 4.98 Å². The number of hydrogen-bond acceptors (Lipinski definition) is 2. The van der Waals surface area contributed by atoms with Gasteiger partial charge in [-0.1, -0.05) is 6.92 Å². The van der Waals surface area contributed by atoms with E-state index < -0.39 is 12.0 Å². The zero-order valence-corrected chi connectivity index (χ0v) is 8.30. The van der Waals surface area contributed by atoms with Gasteiger partial charge in [0.2, 0.25) is 5.82 Å². The molecule has 0 fully saturated rings. The number of hydrogen-bond donors (Lipinski definition) is 1. The van der Waals surface area contributed by atoms with Crippen LogP contribution < -0.4 is 5.73 Å². The molecule has 0 saturated heterocycles. The molecule has 84 valence electrons. The van der Waals surface area contributed by atoms with E-state index in [-0.39, 0.29) is 5.82 Å². The Labute approximate surface area is 85.1 Å². The number of nitrogens with zero attached hydrogens (tertiary/aromatic N) is 2. The largest absolute Gasteiger partial charge is 0.449 e. The number of aromatic nitrogens is 2. The Balaban J connectivity index is 2.48. The molecule has 1 atom stereocenters. The van der Waals surface area contributed by atoms with Crippen LogP contribution in [0.4, 0.5) is 19.0 Å². The summed E-state index contributed by atoms with van der Waals surface area (Å²) < 4.78 is 38.8. The van der Waals surface area contributed by atoms with Crippen molar-refractivity contribution < 1.29 is 13.2 Å². The third-order valence-electron chi connectivity index (χ3n) is 2.74. The summed E-state index contributed by atoms with van der Waals surface area (Å²) >= 11 is 0. The van der Waals surface area contributed by atoms with E-state index in [1.807, 2.05) is 6.92 Å². The van der Waals surface area contributed by atoms with Crippen molar-refractivity contribution in [2.75, 3.05) is 5.73 Å². The van der Waals surface area contributed by atoms with E-state index in [0.717, 1.165) is 6.42 Å². The van der Waals surface area contributed by atoms with Crippen molar-refractivity contribution in [1.29, 1.82) is 0 Å². The second kappa shape index (κ2) is 3.15. The third kappa shape index (κ3) is 1.68. The molecule has 0 spiro atoms. The molecular formula is C9H12F3N3. The minimum Gasteiger partial charge on any atom is -0.382 e. The number of imidazole rings is 1. The van der Waals surface area contributed by atoms with Crippen molar-refractivity contribution in [2.24, 2.45) is 5.92 Å². The van der Waals surface area contributed by atoms with Gasteiger partial charge in [0.25, 0.3) is 0 Å². The monoisotopic (exact) mass is 219 g/mol. The number of rotatable bonds is 0. The normalized spacial score (nSPS) is 21.5. The van der Waals surface area contributed by atoms with Crippen molar-refractivity contribution in [1.82, 2.24) is 9.55 Å². The fourth-order valence-electron chi connectivity index (χ4n) is 1.96. The van der Waals surface area contributed by atoms with Gasteiger partial charge in [-0.25, -0.2) is 4.98 Å². The van der Waals surface area contributed by atoms with E-state index in [4.69, 9.17) is 5.73 Å². The highest BCUT2D eigenvalue weighted by molar-refractivity contribution is 5.39. The first-order valence-electron chi connectivity index (χ1n) is 4.81. The van der Waals surface area contributed by atoms with Crippen LogP contribution in [0.15, 0.2) is 0 Å². The molecule has 1 unspecified atom stereocenters. The van der Waals surface area contributed by atoms with Gasteiger partial charge in [-0.3, -0.25) is 0 Å². The first kappa shape index (κ1) is 10.3. The highest BCUT2D eigenvalue weighted by Crippen LogP contribution is 2.34. The Hall–Kier alpha value is -1.20. The lowest BCUT2D eigenvalue weighted by Gasteiger charge is -2.22. The lowest BCUT2D eigenvalue weighted by Crippen LogP contribution is -2.22. The quantitative estimate of drug-likeness (QED) is 0.725. The molecule has 0 bridgehead atoms. The molecule has 2 N–H and O–H groups in total. The molecule has 1 aromatic heterocycles. The van der Waals surface area contributed by atoms with Crippen LogP contribution in [-0.2, 0) is 19.1 Å². The molecular weight excluding hydrogens is 207 g/mol. The zero-order chi connectivity index (χ0) is 11.2. The van der Waals surface area contributed by atoms with E-state index >= 15 is 0 Å². The molecule has 15 heavy (non-hydrogen) atoms. The molecule has 0 saturated carbocycles. The van der Waals surface area contributed by atoms with Crippen LogP contribution in [0.5, 0.6) is 0 Å². The number of halogens is 3. The third-order valence-corrected chi connectivity index (χ3v) is 2.74. The summed E-state index contributed by atoms with van der Waals surface area (Å²) in [7, 11) is 0. The van der Waals surface area contributed by atoms with Crippen LogP contribution in [0.3, 0.4) is 0 Å². The number of nitrogen functional groups attached to an aromatic ring is 1. The first-order chi connectivity index (χ1) is 6.89. The Morgan fingerprint density at radius 3 is 2.73 bits per heavy atom. The highest BCUT2D eigenvalue weighted by Gasteiger charge is 2.39. The second-order valence-electron chi connectivity index (χ2n) is 4.01. The van der Waals surface area contributed by atoms with Gasteiger partial charge in [0.15, 0.2) is 0 Å². The van der Waals surface area contributed by atoms with Crippen LogP contribution in [-0.4, -0.2) is 9.55 Å². The summed E-state index contributed by atoms with van der Waals surface area (Å²) in [5, 5.41) is 0. The summed E-state index contributed by atoms with van der Waals surface area (Å²) in [5.41, 5.74) is 6.02. The number of fused-ring (bicyclic) bond motifs is 1. The van der Waals surface area contributed by atoms with Gasteiger partial charge < -0.3 is 10.3 Å². The van der Waals surface area contributed by atoms with Crippen molar-refractivity contribution >= 4 is 5.82 Å². The summed E-state index contributed by atoms with van der Waals surface area (Å²) in [6, 6.07) is 0. The molecule has 1 aliphatic heterocycles. The lowest BCUT2D eigenvalue weighted by atomic mass is 9.98. The topological polar surface area (TPSA) is 43.8 Å². The molecule has 1 aliphatic rings. The second-order valence-corrected chi connectivity index (χ2v) is 4.01.